The van der Waals surface area contributed by atoms with E-state index in [2.05, 4.69) is 127 Å². The molecule has 0 N–H and O–H groups in total. The lowest BCUT2D eigenvalue weighted by Crippen LogP contribution is -2.00. The molecule has 0 spiro atoms. The van der Waals surface area contributed by atoms with Gasteiger partial charge in [0.1, 0.15) is 11.2 Å². The fraction of sp³-hybridized carbons (Fsp3) is 0. The number of fused-ring (bicyclic) bond motifs is 5. The fourth-order valence-electron chi connectivity index (χ4n) is 7.12. The zero-order valence-electron chi connectivity index (χ0n) is 27.5. The molecule has 8 aromatic carbocycles. The third kappa shape index (κ3) is 5.22. The summed E-state index contributed by atoms with van der Waals surface area (Å²) in [5, 5.41) is 6.96. The van der Waals surface area contributed by atoms with Crippen LogP contribution < -0.4 is 0 Å². The van der Waals surface area contributed by atoms with E-state index in [9.17, 15) is 0 Å². The number of hydrogen-bond donors (Lipinski definition) is 0. The molecular weight excluding hydrogens is 623 g/mol. The van der Waals surface area contributed by atoms with Crippen molar-refractivity contribution in [3.05, 3.63) is 176 Å². The second kappa shape index (κ2) is 11.9. The van der Waals surface area contributed by atoms with Gasteiger partial charge in [-0.05, 0) is 80.2 Å². The summed E-state index contributed by atoms with van der Waals surface area (Å²) < 4.78 is 6.18. The molecular formula is C47H29N3O. The van der Waals surface area contributed by atoms with Gasteiger partial charge in [0, 0.05) is 27.5 Å². The molecule has 4 nitrogen and oxygen atoms in total. The van der Waals surface area contributed by atoms with Gasteiger partial charge in [0.2, 0.25) is 0 Å². The highest BCUT2D eigenvalue weighted by atomic mass is 16.3. The fourth-order valence-corrected chi connectivity index (χ4v) is 7.12. The van der Waals surface area contributed by atoms with Crippen LogP contribution in [-0.2, 0) is 0 Å². The summed E-state index contributed by atoms with van der Waals surface area (Å²) in [5.74, 6) is 1.91. The molecule has 238 valence electrons. The van der Waals surface area contributed by atoms with E-state index in [1.54, 1.807) is 0 Å². The Morgan fingerprint density at radius 1 is 0.314 bits per heavy atom. The van der Waals surface area contributed by atoms with Crippen molar-refractivity contribution in [2.45, 2.75) is 0 Å². The van der Waals surface area contributed by atoms with Crippen molar-refractivity contribution in [1.29, 1.82) is 0 Å². The van der Waals surface area contributed by atoms with Crippen molar-refractivity contribution in [2.24, 2.45) is 0 Å². The van der Waals surface area contributed by atoms with Gasteiger partial charge in [-0.3, -0.25) is 0 Å². The topological polar surface area (TPSA) is 51.8 Å². The first-order valence-corrected chi connectivity index (χ1v) is 17.1. The van der Waals surface area contributed by atoms with Crippen LogP contribution in [0.2, 0.25) is 0 Å². The molecule has 51 heavy (non-hydrogen) atoms. The Bertz CT molecular complexity index is 2930. The van der Waals surface area contributed by atoms with E-state index >= 15 is 0 Å². The monoisotopic (exact) mass is 651 g/mol. The third-order valence-electron chi connectivity index (χ3n) is 9.68. The maximum Gasteiger partial charge on any atom is 0.164 e. The molecule has 0 amide bonds. The minimum Gasteiger partial charge on any atom is -0.456 e. The standard InChI is InChI=1S/C47H29N3O/c1-2-11-31(12-3-1)45-48-46(38-15-8-14-33(28-38)34-21-20-30-10-4-5-13-32(30)26-34)50-47(49-45)39-25-23-35-27-37(24-22-36(35)29-39)40-17-9-19-43-44(40)41-16-6-7-18-42(41)51-43/h1-29H. The molecule has 0 aliphatic rings. The summed E-state index contributed by atoms with van der Waals surface area (Å²) >= 11 is 0. The number of rotatable bonds is 5. The maximum atomic E-state index is 6.18. The van der Waals surface area contributed by atoms with Crippen molar-refractivity contribution in [1.82, 2.24) is 15.0 Å². The minimum absolute atomic E-state index is 0.635. The van der Waals surface area contributed by atoms with E-state index in [0.717, 1.165) is 71.7 Å². The van der Waals surface area contributed by atoms with Crippen LogP contribution in [0.3, 0.4) is 0 Å². The molecule has 10 rings (SSSR count). The van der Waals surface area contributed by atoms with Gasteiger partial charge in [0.15, 0.2) is 17.5 Å². The Hall–Kier alpha value is -6.91. The number of furan rings is 1. The number of hydrogen-bond acceptors (Lipinski definition) is 4. The zero-order chi connectivity index (χ0) is 33.7. The quantitative estimate of drug-likeness (QED) is 0.186. The summed E-state index contributed by atoms with van der Waals surface area (Å²) in [5.41, 5.74) is 9.18. The summed E-state index contributed by atoms with van der Waals surface area (Å²) in [7, 11) is 0. The summed E-state index contributed by atoms with van der Waals surface area (Å²) in [4.78, 5) is 15.1. The van der Waals surface area contributed by atoms with Gasteiger partial charge in [-0.15, -0.1) is 0 Å². The first kappa shape index (κ1) is 29.0. The Morgan fingerprint density at radius 2 is 0.824 bits per heavy atom. The Morgan fingerprint density at radius 3 is 1.67 bits per heavy atom. The Labute approximate surface area is 294 Å². The molecule has 0 radical (unpaired) electrons. The Balaban J connectivity index is 1.07. The van der Waals surface area contributed by atoms with Crippen molar-refractivity contribution >= 4 is 43.5 Å². The molecule has 0 bridgehead atoms. The second-order valence-corrected chi connectivity index (χ2v) is 12.9. The maximum absolute atomic E-state index is 6.18. The molecule has 0 aliphatic carbocycles. The van der Waals surface area contributed by atoms with E-state index < -0.39 is 0 Å². The van der Waals surface area contributed by atoms with E-state index in [-0.39, 0.29) is 0 Å². The zero-order valence-corrected chi connectivity index (χ0v) is 27.5. The molecule has 0 saturated heterocycles. The van der Waals surface area contributed by atoms with Gasteiger partial charge in [-0.1, -0.05) is 140 Å². The predicted molar refractivity (Wildman–Crippen MR) is 209 cm³/mol. The lowest BCUT2D eigenvalue weighted by molar-refractivity contribution is 0.669. The number of para-hydroxylation sites is 1. The molecule has 4 heteroatoms. The van der Waals surface area contributed by atoms with Crippen LogP contribution in [0.15, 0.2) is 180 Å². The lowest BCUT2D eigenvalue weighted by atomic mass is 9.96. The van der Waals surface area contributed by atoms with Crippen LogP contribution in [0.5, 0.6) is 0 Å². The van der Waals surface area contributed by atoms with Crippen LogP contribution >= 0.6 is 0 Å². The largest absolute Gasteiger partial charge is 0.456 e. The molecule has 2 aromatic heterocycles. The van der Waals surface area contributed by atoms with Crippen LogP contribution in [-0.4, -0.2) is 15.0 Å². The SMILES string of the molecule is c1ccc(-c2nc(-c3cccc(-c4ccc5ccccc5c4)c3)nc(-c3ccc4cc(-c5cccc6oc7ccccc7c56)ccc4c3)n2)cc1. The molecule has 0 atom stereocenters. The van der Waals surface area contributed by atoms with Gasteiger partial charge >= 0.3 is 0 Å². The van der Waals surface area contributed by atoms with E-state index in [1.165, 1.54) is 10.8 Å². The third-order valence-corrected chi connectivity index (χ3v) is 9.68. The van der Waals surface area contributed by atoms with Crippen LogP contribution in [0.1, 0.15) is 0 Å². The van der Waals surface area contributed by atoms with Crippen LogP contribution in [0.25, 0.3) is 99.9 Å². The van der Waals surface area contributed by atoms with Gasteiger partial charge in [-0.2, -0.15) is 0 Å². The van der Waals surface area contributed by atoms with Crippen molar-refractivity contribution in [3.63, 3.8) is 0 Å². The van der Waals surface area contributed by atoms with Crippen molar-refractivity contribution < 1.29 is 4.42 Å². The van der Waals surface area contributed by atoms with Gasteiger partial charge in [-0.25, -0.2) is 15.0 Å². The van der Waals surface area contributed by atoms with E-state index in [0.29, 0.717) is 17.5 Å². The molecule has 0 saturated carbocycles. The van der Waals surface area contributed by atoms with Crippen molar-refractivity contribution in [2.75, 3.05) is 0 Å². The van der Waals surface area contributed by atoms with E-state index in [1.807, 2.05) is 48.5 Å². The van der Waals surface area contributed by atoms with Crippen LogP contribution in [0.4, 0.5) is 0 Å². The highest BCUT2D eigenvalue weighted by molar-refractivity contribution is 6.13. The highest BCUT2D eigenvalue weighted by Gasteiger charge is 2.15. The predicted octanol–water partition coefficient (Wildman–Crippen LogP) is 12.4. The highest BCUT2D eigenvalue weighted by Crippen LogP contribution is 2.38. The average Bonchev–Trinajstić information content (AvgIpc) is 3.59. The van der Waals surface area contributed by atoms with Gasteiger partial charge in [0.05, 0.1) is 0 Å². The van der Waals surface area contributed by atoms with Crippen LogP contribution in [0, 0.1) is 0 Å². The van der Waals surface area contributed by atoms with Gasteiger partial charge < -0.3 is 4.42 Å². The average molecular weight is 652 g/mol. The lowest BCUT2D eigenvalue weighted by Gasteiger charge is -2.11. The first-order valence-electron chi connectivity index (χ1n) is 17.1. The minimum atomic E-state index is 0.635. The van der Waals surface area contributed by atoms with Crippen molar-refractivity contribution in [3.8, 4) is 56.4 Å². The normalized spacial score (nSPS) is 11.5. The number of nitrogens with zero attached hydrogens (tertiary/aromatic N) is 3. The number of aromatic nitrogens is 3. The molecule has 0 unspecified atom stereocenters. The smallest absolute Gasteiger partial charge is 0.164 e. The Kier molecular flexibility index (Phi) is 6.78. The first-order chi connectivity index (χ1) is 25.2. The summed E-state index contributed by atoms with van der Waals surface area (Å²) in [6.45, 7) is 0. The number of benzene rings is 8. The van der Waals surface area contributed by atoms with Gasteiger partial charge in [0.25, 0.3) is 0 Å². The molecule has 0 fully saturated rings. The molecule has 0 aliphatic heterocycles. The summed E-state index contributed by atoms with van der Waals surface area (Å²) in [6.07, 6.45) is 0. The second-order valence-electron chi connectivity index (χ2n) is 12.9. The molecule has 10 aromatic rings. The summed E-state index contributed by atoms with van der Waals surface area (Å²) in [6, 6.07) is 61.2. The molecule has 2 heterocycles. The van der Waals surface area contributed by atoms with E-state index in [4.69, 9.17) is 19.4 Å².